The first-order chi connectivity index (χ1) is 10.2. The van der Waals surface area contributed by atoms with E-state index in [0.717, 1.165) is 19.4 Å². The second-order valence-electron chi connectivity index (χ2n) is 5.39. The van der Waals surface area contributed by atoms with Gasteiger partial charge in [0.05, 0.1) is 12.2 Å². The Balaban J connectivity index is 2.71. The SMILES string of the molecule is C=Cc1ccccc1C(CC)O[SiH2]C(CC)C(C)OCC. The van der Waals surface area contributed by atoms with Crippen molar-refractivity contribution >= 4 is 15.8 Å². The summed E-state index contributed by atoms with van der Waals surface area (Å²) < 4.78 is 12.1. The van der Waals surface area contributed by atoms with Crippen LogP contribution >= 0.6 is 0 Å². The van der Waals surface area contributed by atoms with Crippen molar-refractivity contribution in [1.82, 2.24) is 0 Å². The summed E-state index contributed by atoms with van der Waals surface area (Å²) in [6.07, 6.45) is 4.54. The molecule has 0 aliphatic heterocycles. The molecule has 0 bridgehead atoms. The molecule has 0 saturated heterocycles. The van der Waals surface area contributed by atoms with E-state index in [2.05, 4.69) is 58.5 Å². The second-order valence-corrected chi connectivity index (χ2v) is 7.11. The van der Waals surface area contributed by atoms with Crippen LogP contribution in [0.3, 0.4) is 0 Å². The average Bonchev–Trinajstić information content (AvgIpc) is 2.52. The summed E-state index contributed by atoms with van der Waals surface area (Å²) >= 11 is 0. The zero-order chi connectivity index (χ0) is 15.7. The molecule has 0 aromatic heterocycles. The Labute approximate surface area is 132 Å². The predicted octanol–water partition coefficient (Wildman–Crippen LogP) is 4.50. The minimum atomic E-state index is -0.628. The Morgan fingerprint density at radius 3 is 2.48 bits per heavy atom. The lowest BCUT2D eigenvalue weighted by atomic mass is 10.0. The van der Waals surface area contributed by atoms with Gasteiger partial charge in [0.1, 0.15) is 0 Å². The first-order valence-corrected chi connectivity index (χ1v) is 9.51. The number of hydrogen-bond acceptors (Lipinski definition) is 2. The van der Waals surface area contributed by atoms with Gasteiger partial charge in [-0.1, -0.05) is 57.2 Å². The van der Waals surface area contributed by atoms with Crippen LogP contribution in [0.2, 0.25) is 5.54 Å². The summed E-state index contributed by atoms with van der Waals surface area (Å²) in [5.74, 6) is 0. The molecule has 1 aromatic rings. The van der Waals surface area contributed by atoms with E-state index in [4.69, 9.17) is 9.16 Å². The lowest BCUT2D eigenvalue weighted by Gasteiger charge is -2.26. The van der Waals surface area contributed by atoms with Crippen molar-refractivity contribution in [2.75, 3.05) is 6.61 Å². The molecular formula is C18H30O2Si. The number of rotatable bonds is 10. The Hall–Kier alpha value is -0.903. The standard InChI is InChI=1S/C18H30O2Si/c1-6-15-12-10-11-13-16(15)17(7-2)20-21-18(8-3)14(5)19-9-4/h6,10-14,17-18H,1,7-9,21H2,2-5H3. The van der Waals surface area contributed by atoms with E-state index in [1.807, 2.05) is 6.08 Å². The third kappa shape index (κ3) is 5.42. The summed E-state index contributed by atoms with van der Waals surface area (Å²) in [7, 11) is -0.628. The van der Waals surface area contributed by atoms with Crippen LogP contribution < -0.4 is 0 Å². The van der Waals surface area contributed by atoms with Crippen LogP contribution in [0.5, 0.6) is 0 Å². The highest BCUT2D eigenvalue weighted by Gasteiger charge is 2.20. The van der Waals surface area contributed by atoms with Crippen LogP contribution in [0.4, 0.5) is 0 Å². The van der Waals surface area contributed by atoms with Crippen LogP contribution in [0.1, 0.15) is 57.8 Å². The monoisotopic (exact) mass is 306 g/mol. The van der Waals surface area contributed by atoms with Gasteiger partial charge in [0.25, 0.3) is 0 Å². The lowest BCUT2D eigenvalue weighted by Crippen LogP contribution is -2.23. The smallest absolute Gasteiger partial charge is 0.168 e. The molecular weight excluding hydrogens is 276 g/mol. The quantitative estimate of drug-likeness (QED) is 0.592. The number of benzene rings is 1. The van der Waals surface area contributed by atoms with E-state index >= 15 is 0 Å². The highest BCUT2D eigenvalue weighted by atomic mass is 28.2. The molecule has 1 rings (SSSR count). The van der Waals surface area contributed by atoms with Crippen molar-refractivity contribution < 1.29 is 9.16 Å². The zero-order valence-electron chi connectivity index (χ0n) is 14.0. The van der Waals surface area contributed by atoms with E-state index in [-0.39, 0.29) is 6.10 Å². The normalized spacial score (nSPS) is 16.0. The molecule has 3 atom stereocenters. The molecule has 3 unspecified atom stereocenters. The minimum absolute atomic E-state index is 0.189. The topological polar surface area (TPSA) is 18.5 Å². The van der Waals surface area contributed by atoms with Gasteiger partial charge in [0, 0.05) is 6.61 Å². The average molecular weight is 307 g/mol. The Bertz CT molecular complexity index is 419. The molecule has 0 aliphatic rings. The van der Waals surface area contributed by atoms with E-state index in [1.54, 1.807) is 0 Å². The lowest BCUT2D eigenvalue weighted by molar-refractivity contribution is 0.0642. The fraction of sp³-hybridized carbons (Fsp3) is 0.556. The summed E-state index contributed by atoms with van der Waals surface area (Å²) in [4.78, 5) is 0. The van der Waals surface area contributed by atoms with E-state index < -0.39 is 9.76 Å². The molecule has 0 radical (unpaired) electrons. The first kappa shape index (κ1) is 18.1. The third-order valence-electron chi connectivity index (χ3n) is 4.06. The number of hydrogen-bond donors (Lipinski definition) is 0. The van der Waals surface area contributed by atoms with Gasteiger partial charge < -0.3 is 9.16 Å². The van der Waals surface area contributed by atoms with Crippen LogP contribution in [-0.4, -0.2) is 22.5 Å². The molecule has 1 aromatic carbocycles. The summed E-state index contributed by atoms with van der Waals surface area (Å²) in [5.41, 5.74) is 3.03. The second kappa shape index (κ2) is 9.93. The van der Waals surface area contributed by atoms with Gasteiger partial charge in [-0.05, 0) is 36.9 Å². The highest BCUT2D eigenvalue weighted by molar-refractivity contribution is 6.29. The molecule has 0 heterocycles. The maximum Gasteiger partial charge on any atom is 0.168 e. The van der Waals surface area contributed by atoms with Gasteiger partial charge in [-0.3, -0.25) is 0 Å². The van der Waals surface area contributed by atoms with Gasteiger partial charge in [0.2, 0.25) is 0 Å². The van der Waals surface area contributed by atoms with Gasteiger partial charge in [-0.2, -0.15) is 0 Å². The van der Waals surface area contributed by atoms with Crippen LogP contribution in [0, 0.1) is 0 Å². The largest absolute Gasteiger partial charge is 0.417 e. The third-order valence-corrected chi connectivity index (χ3v) is 6.33. The Morgan fingerprint density at radius 1 is 1.19 bits per heavy atom. The van der Waals surface area contributed by atoms with Crippen LogP contribution in [0.15, 0.2) is 30.8 Å². The van der Waals surface area contributed by atoms with Crippen molar-refractivity contribution in [3.8, 4) is 0 Å². The molecule has 21 heavy (non-hydrogen) atoms. The molecule has 0 saturated carbocycles. The van der Waals surface area contributed by atoms with E-state index in [0.29, 0.717) is 11.6 Å². The van der Waals surface area contributed by atoms with Crippen molar-refractivity contribution in [3.63, 3.8) is 0 Å². The summed E-state index contributed by atoms with van der Waals surface area (Å²) in [6.45, 7) is 13.3. The van der Waals surface area contributed by atoms with Gasteiger partial charge in [-0.25, -0.2) is 0 Å². The fourth-order valence-corrected chi connectivity index (χ4v) is 4.18. The van der Waals surface area contributed by atoms with E-state index in [9.17, 15) is 0 Å². The van der Waals surface area contributed by atoms with Gasteiger partial charge >= 0.3 is 0 Å². The molecule has 0 amide bonds. The maximum atomic E-state index is 6.35. The van der Waals surface area contributed by atoms with Gasteiger partial charge in [0.15, 0.2) is 9.76 Å². The molecule has 2 nitrogen and oxygen atoms in total. The molecule has 118 valence electrons. The molecule has 0 spiro atoms. The van der Waals surface area contributed by atoms with Crippen molar-refractivity contribution in [1.29, 1.82) is 0 Å². The highest BCUT2D eigenvalue weighted by Crippen LogP contribution is 2.27. The molecule has 0 aliphatic carbocycles. The van der Waals surface area contributed by atoms with Crippen LogP contribution in [0.25, 0.3) is 6.08 Å². The fourth-order valence-electron chi connectivity index (χ4n) is 2.64. The van der Waals surface area contributed by atoms with Gasteiger partial charge in [-0.15, -0.1) is 0 Å². The Morgan fingerprint density at radius 2 is 1.90 bits per heavy atom. The Kier molecular flexibility index (Phi) is 8.58. The van der Waals surface area contributed by atoms with Crippen molar-refractivity contribution in [2.24, 2.45) is 0 Å². The first-order valence-electron chi connectivity index (χ1n) is 8.12. The van der Waals surface area contributed by atoms with Crippen molar-refractivity contribution in [3.05, 3.63) is 42.0 Å². The molecule has 0 fully saturated rings. The maximum absolute atomic E-state index is 6.35. The van der Waals surface area contributed by atoms with E-state index in [1.165, 1.54) is 11.1 Å². The molecule has 0 N–H and O–H groups in total. The van der Waals surface area contributed by atoms with Crippen molar-refractivity contribution in [2.45, 2.75) is 58.3 Å². The summed E-state index contributed by atoms with van der Waals surface area (Å²) in [6, 6.07) is 8.40. The zero-order valence-corrected chi connectivity index (χ0v) is 15.4. The molecule has 3 heteroatoms. The summed E-state index contributed by atoms with van der Waals surface area (Å²) in [5, 5.41) is 0. The minimum Gasteiger partial charge on any atom is -0.417 e. The predicted molar refractivity (Wildman–Crippen MR) is 94.3 cm³/mol. The van der Waals surface area contributed by atoms with Crippen LogP contribution in [-0.2, 0) is 9.16 Å². The number of ether oxygens (including phenoxy) is 1.